The van der Waals surface area contributed by atoms with Gasteiger partial charge in [-0.15, -0.1) is 0 Å². The zero-order valence-corrected chi connectivity index (χ0v) is 13.4. The number of benzene rings is 1. The highest BCUT2D eigenvalue weighted by Gasteiger charge is 2.25. The van der Waals surface area contributed by atoms with Crippen LogP contribution in [0.3, 0.4) is 0 Å². The normalized spacial score (nSPS) is 23.0. The van der Waals surface area contributed by atoms with Crippen molar-refractivity contribution in [3.05, 3.63) is 35.4 Å². The highest BCUT2D eigenvalue weighted by atomic mass is 16.4. The van der Waals surface area contributed by atoms with Crippen LogP contribution in [0, 0.1) is 5.92 Å². The van der Waals surface area contributed by atoms with Crippen LogP contribution in [-0.2, 0) is 16.8 Å². The van der Waals surface area contributed by atoms with Gasteiger partial charge in [0.15, 0.2) is 0 Å². The van der Waals surface area contributed by atoms with E-state index in [0.717, 1.165) is 32.2 Å². The standard InChI is InChI=1S/C18H27NO2/c1-18(2,3)15-8-4-13(5-9-15)12-19-16-10-6-14(7-11-16)17(20)21/h4-5,8-9,14,16,19H,6-7,10-12H2,1-3H3,(H,20,21). The number of hydrogen-bond donors (Lipinski definition) is 2. The van der Waals surface area contributed by atoms with Crippen molar-refractivity contribution < 1.29 is 9.90 Å². The van der Waals surface area contributed by atoms with Gasteiger partial charge >= 0.3 is 5.97 Å². The molecule has 0 bridgehead atoms. The number of nitrogens with one attached hydrogen (secondary N) is 1. The minimum atomic E-state index is -0.633. The topological polar surface area (TPSA) is 49.3 Å². The third-order valence-corrected chi connectivity index (χ3v) is 4.49. The fraction of sp³-hybridized carbons (Fsp3) is 0.611. The predicted molar refractivity (Wildman–Crippen MR) is 85.4 cm³/mol. The lowest BCUT2D eigenvalue weighted by molar-refractivity contribution is -0.142. The van der Waals surface area contributed by atoms with Gasteiger partial charge in [-0.05, 0) is 42.2 Å². The Morgan fingerprint density at radius 1 is 1.14 bits per heavy atom. The largest absolute Gasteiger partial charge is 0.481 e. The summed E-state index contributed by atoms with van der Waals surface area (Å²) in [6, 6.07) is 9.26. The molecule has 0 radical (unpaired) electrons. The van der Waals surface area contributed by atoms with E-state index in [1.807, 2.05) is 0 Å². The second kappa shape index (κ2) is 6.61. The van der Waals surface area contributed by atoms with E-state index in [9.17, 15) is 4.79 Å². The van der Waals surface area contributed by atoms with Crippen LogP contribution in [-0.4, -0.2) is 17.1 Å². The number of hydrogen-bond acceptors (Lipinski definition) is 2. The summed E-state index contributed by atoms with van der Waals surface area (Å²) in [6.07, 6.45) is 3.54. The summed E-state index contributed by atoms with van der Waals surface area (Å²) in [5.41, 5.74) is 2.85. The number of aliphatic carboxylic acids is 1. The molecule has 116 valence electrons. The first-order chi connectivity index (χ1) is 9.86. The molecule has 1 aromatic rings. The fourth-order valence-corrected chi connectivity index (χ4v) is 2.93. The molecule has 1 saturated carbocycles. The Morgan fingerprint density at radius 2 is 1.71 bits per heavy atom. The summed E-state index contributed by atoms with van der Waals surface area (Å²) in [4.78, 5) is 10.9. The monoisotopic (exact) mass is 289 g/mol. The molecule has 3 heteroatoms. The van der Waals surface area contributed by atoms with Crippen molar-refractivity contribution in [2.75, 3.05) is 0 Å². The molecule has 0 saturated heterocycles. The van der Waals surface area contributed by atoms with Gasteiger partial charge in [0.05, 0.1) is 5.92 Å². The molecule has 21 heavy (non-hydrogen) atoms. The Kier molecular flexibility index (Phi) is 5.04. The molecule has 2 rings (SSSR count). The Labute approximate surface area is 127 Å². The fourth-order valence-electron chi connectivity index (χ4n) is 2.93. The molecule has 0 aromatic heterocycles. The van der Waals surface area contributed by atoms with Gasteiger partial charge in [-0.2, -0.15) is 0 Å². The lowest BCUT2D eigenvalue weighted by atomic mass is 9.86. The van der Waals surface area contributed by atoms with Gasteiger partial charge in [0.2, 0.25) is 0 Å². The van der Waals surface area contributed by atoms with Crippen LogP contribution in [0.4, 0.5) is 0 Å². The van der Waals surface area contributed by atoms with Gasteiger partial charge in [-0.1, -0.05) is 45.0 Å². The molecule has 0 spiro atoms. The van der Waals surface area contributed by atoms with E-state index >= 15 is 0 Å². The van der Waals surface area contributed by atoms with Crippen molar-refractivity contribution in [3.8, 4) is 0 Å². The van der Waals surface area contributed by atoms with Crippen LogP contribution in [0.5, 0.6) is 0 Å². The molecule has 0 atom stereocenters. The van der Waals surface area contributed by atoms with E-state index in [0.29, 0.717) is 6.04 Å². The van der Waals surface area contributed by atoms with E-state index in [4.69, 9.17) is 5.11 Å². The Hall–Kier alpha value is -1.35. The average Bonchev–Trinajstić information content (AvgIpc) is 2.45. The number of carboxylic acids is 1. The summed E-state index contributed by atoms with van der Waals surface area (Å²) in [5.74, 6) is -0.764. The smallest absolute Gasteiger partial charge is 0.306 e. The first-order valence-corrected chi connectivity index (χ1v) is 7.92. The summed E-state index contributed by atoms with van der Waals surface area (Å²) >= 11 is 0. The van der Waals surface area contributed by atoms with Crippen molar-refractivity contribution in [3.63, 3.8) is 0 Å². The molecule has 0 amide bonds. The maximum atomic E-state index is 10.9. The second-order valence-electron chi connectivity index (χ2n) is 7.21. The molecule has 0 heterocycles. The second-order valence-corrected chi connectivity index (χ2v) is 7.21. The zero-order chi connectivity index (χ0) is 15.5. The maximum absolute atomic E-state index is 10.9. The van der Waals surface area contributed by atoms with E-state index in [-0.39, 0.29) is 11.3 Å². The van der Waals surface area contributed by atoms with Crippen molar-refractivity contribution in [1.29, 1.82) is 0 Å². The number of rotatable bonds is 4. The molecule has 0 unspecified atom stereocenters. The Bertz CT molecular complexity index is 465. The highest BCUT2D eigenvalue weighted by Crippen LogP contribution is 2.25. The van der Waals surface area contributed by atoms with Crippen LogP contribution >= 0.6 is 0 Å². The third kappa shape index (κ3) is 4.57. The molecular weight excluding hydrogens is 262 g/mol. The summed E-state index contributed by atoms with van der Waals surface area (Å²) in [5, 5.41) is 12.6. The maximum Gasteiger partial charge on any atom is 0.306 e. The van der Waals surface area contributed by atoms with Gasteiger partial charge in [0.25, 0.3) is 0 Å². The first kappa shape index (κ1) is 16.0. The zero-order valence-electron chi connectivity index (χ0n) is 13.4. The van der Waals surface area contributed by atoms with Crippen LogP contribution in [0.2, 0.25) is 0 Å². The molecule has 2 N–H and O–H groups in total. The third-order valence-electron chi connectivity index (χ3n) is 4.49. The van der Waals surface area contributed by atoms with Crippen molar-refractivity contribution in [2.24, 2.45) is 5.92 Å². The van der Waals surface area contributed by atoms with Crippen LogP contribution in [0.25, 0.3) is 0 Å². The number of carboxylic acid groups (broad SMARTS) is 1. The number of carbonyl (C=O) groups is 1. The first-order valence-electron chi connectivity index (χ1n) is 7.92. The molecule has 1 aliphatic rings. The summed E-state index contributed by atoms with van der Waals surface area (Å²) < 4.78 is 0. The van der Waals surface area contributed by atoms with Gasteiger partial charge in [-0.25, -0.2) is 0 Å². The van der Waals surface area contributed by atoms with E-state index < -0.39 is 5.97 Å². The minimum absolute atomic E-state index is 0.130. The quantitative estimate of drug-likeness (QED) is 0.888. The Balaban J connectivity index is 1.80. The molecule has 0 aliphatic heterocycles. The van der Waals surface area contributed by atoms with Gasteiger partial charge < -0.3 is 10.4 Å². The Morgan fingerprint density at radius 3 is 2.19 bits per heavy atom. The summed E-state index contributed by atoms with van der Waals surface area (Å²) in [6.45, 7) is 7.54. The van der Waals surface area contributed by atoms with Gasteiger partial charge in [0.1, 0.15) is 0 Å². The molecule has 1 aliphatic carbocycles. The van der Waals surface area contributed by atoms with Crippen LogP contribution in [0.15, 0.2) is 24.3 Å². The van der Waals surface area contributed by atoms with Crippen LogP contribution in [0.1, 0.15) is 57.6 Å². The van der Waals surface area contributed by atoms with Crippen molar-refractivity contribution in [1.82, 2.24) is 5.32 Å². The van der Waals surface area contributed by atoms with Gasteiger partial charge in [-0.3, -0.25) is 4.79 Å². The molecular formula is C18H27NO2. The van der Waals surface area contributed by atoms with E-state index in [1.165, 1.54) is 11.1 Å². The molecule has 1 fully saturated rings. The lowest BCUT2D eigenvalue weighted by Gasteiger charge is -2.27. The van der Waals surface area contributed by atoms with Crippen molar-refractivity contribution in [2.45, 2.75) is 64.5 Å². The lowest BCUT2D eigenvalue weighted by Crippen LogP contribution is -2.34. The van der Waals surface area contributed by atoms with Crippen LogP contribution < -0.4 is 5.32 Å². The molecule has 3 nitrogen and oxygen atoms in total. The summed E-state index contributed by atoms with van der Waals surface area (Å²) in [7, 11) is 0. The molecule has 1 aromatic carbocycles. The van der Waals surface area contributed by atoms with E-state index in [1.54, 1.807) is 0 Å². The van der Waals surface area contributed by atoms with Crippen molar-refractivity contribution >= 4 is 5.97 Å². The minimum Gasteiger partial charge on any atom is -0.481 e. The van der Waals surface area contributed by atoms with E-state index in [2.05, 4.69) is 50.4 Å². The SMILES string of the molecule is CC(C)(C)c1ccc(CNC2CCC(C(=O)O)CC2)cc1. The highest BCUT2D eigenvalue weighted by molar-refractivity contribution is 5.70. The van der Waals surface area contributed by atoms with Gasteiger partial charge in [0, 0.05) is 12.6 Å². The average molecular weight is 289 g/mol. The predicted octanol–water partition coefficient (Wildman–Crippen LogP) is 3.72.